The molecule has 1 N–H and O–H groups in total. The number of amides is 1. The van der Waals surface area contributed by atoms with Crippen molar-refractivity contribution in [2.45, 2.75) is 44.8 Å². The van der Waals surface area contributed by atoms with E-state index in [2.05, 4.69) is 71.3 Å². The van der Waals surface area contributed by atoms with E-state index in [9.17, 15) is 9.90 Å². The van der Waals surface area contributed by atoms with Crippen LogP contribution in [0.3, 0.4) is 0 Å². The second-order valence-corrected chi connectivity index (χ2v) is 10.8. The van der Waals surface area contributed by atoms with E-state index in [1.807, 2.05) is 15.6 Å². The molecule has 4 heterocycles. The van der Waals surface area contributed by atoms with Gasteiger partial charge in [-0.25, -0.2) is 4.52 Å². The summed E-state index contributed by atoms with van der Waals surface area (Å²) in [6.45, 7) is 9.25. The third-order valence-electron chi connectivity index (χ3n) is 8.11. The number of nitrogens with zero attached hydrogens (tertiary/aromatic N) is 5. The van der Waals surface area contributed by atoms with E-state index in [0.29, 0.717) is 18.5 Å². The molecule has 3 fully saturated rings. The van der Waals surface area contributed by atoms with Crippen LogP contribution in [0.4, 0.5) is 5.69 Å². The lowest BCUT2D eigenvalue weighted by atomic mass is 9.91. The third-order valence-corrected chi connectivity index (χ3v) is 8.11. The summed E-state index contributed by atoms with van der Waals surface area (Å²) in [6, 6.07) is 13.1. The molecule has 0 radical (unpaired) electrons. The van der Waals surface area contributed by atoms with Crippen molar-refractivity contribution in [3.05, 3.63) is 54.4 Å². The first-order chi connectivity index (χ1) is 16.9. The van der Waals surface area contributed by atoms with Crippen molar-refractivity contribution < 1.29 is 9.90 Å². The second kappa shape index (κ2) is 8.64. The SMILES string of the molecule is CC(C)N1CC[C@@](O)(c2ccc(-c3cc4c(N5CCN(C(=O)C6CC6)CC5)ccnn4c3)cc2)C1. The number of fused-ring (bicyclic) bond motifs is 1. The van der Waals surface area contributed by atoms with Crippen LogP contribution in [0.2, 0.25) is 0 Å². The molecule has 2 aromatic heterocycles. The molecule has 0 spiro atoms. The van der Waals surface area contributed by atoms with Crippen LogP contribution >= 0.6 is 0 Å². The maximum atomic E-state index is 12.4. The Bertz CT molecular complexity index is 1220. The number of rotatable bonds is 5. The molecule has 2 saturated heterocycles. The number of β-amino-alcohol motifs (C(OH)–C–C–N with tert-alkyl or cyclic N) is 1. The van der Waals surface area contributed by atoms with E-state index < -0.39 is 5.60 Å². The third kappa shape index (κ3) is 4.21. The fourth-order valence-electron chi connectivity index (χ4n) is 5.65. The molecule has 6 rings (SSSR count). The van der Waals surface area contributed by atoms with E-state index in [0.717, 1.165) is 79.9 Å². The number of piperazine rings is 1. The number of hydrogen-bond acceptors (Lipinski definition) is 5. The van der Waals surface area contributed by atoms with Crippen LogP contribution in [0.15, 0.2) is 48.8 Å². The Labute approximate surface area is 206 Å². The summed E-state index contributed by atoms with van der Waals surface area (Å²) in [7, 11) is 0. The van der Waals surface area contributed by atoms with E-state index in [1.54, 1.807) is 0 Å². The van der Waals surface area contributed by atoms with Crippen molar-refractivity contribution >= 4 is 17.1 Å². The number of hydrogen-bond donors (Lipinski definition) is 1. The average Bonchev–Trinajstić information content (AvgIpc) is 3.50. The van der Waals surface area contributed by atoms with Crippen molar-refractivity contribution in [3.8, 4) is 11.1 Å². The minimum atomic E-state index is -0.772. The van der Waals surface area contributed by atoms with Gasteiger partial charge in [-0.3, -0.25) is 9.69 Å². The highest BCUT2D eigenvalue weighted by Gasteiger charge is 2.38. The number of aromatic nitrogens is 2. The zero-order chi connectivity index (χ0) is 24.2. The highest BCUT2D eigenvalue weighted by atomic mass is 16.3. The van der Waals surface area contributed by atoms with Crippen molar-refractivity contribution in [3.63, 3.8) is 0 Å². The van der Waals surface area contributed by atoms with Gasteiger partial charge in [0.1, 0.15) is 5.60 Å². The fraction of sp³-hybridized carbons (Fsp3) is 0.500. The maximum absolute atomic E-state index is 12.4. The number of anilines is 1. The van der Waals surface area contributed by atoms with Gasteiger partial charge >= 0.3 is 0 Å². The molecule has 1 aliphatic carbocycles. The topological polar surface area (TPSA) is 64.3 Å². The molecule has 0 bridgehead atoms. The molecule has 1 aromatic carbocycles. The predicted octanol–water partition coefficient (Wildman–Crippen LogP) is 3.36. The van der Waals surface area contributed by atoms with Crippen molar-refractivity contribution in [1.82, 2.24) is 19.4 Å². The molecule has 1 atom stereocenters. The minimum absolute atomic E-state index is 0.289. The molecule has 35 heavy (non-hydrogen) atoms. The second-order valence-electron chi connectivity index (χ2n) is 10.8. The Morgan fingerprint density at radius 2 is 1.77 bits per heavy atom. The normalized spacial score (nSPS) is 23.5. The average molecular weight is 474 g/mol. The monoisotopic (exact) mass is 473 g/mol. The van der Waals surface area contributed by atoms with Gasteiger partial charge in [0, 0.05) is 69.2 Å². The van der Waals surface area contributed by atoms with Crippen LogP contribution in [-0.2, 0) is 10.4 Å². The zero-order valence-corrected chi connectivity index (χ0v) is 20.7. The smallest absolute Gasteiger partial charge is 0.225 e. The van der Waals surface area contributed by atoms with Crippen LogP contribution < -0.4 is 4.90 Å². The van der Waals surface area contributed by atoms with Crippen molar-refractivity contribution in [1.29, 1.82) is 0 Å². The minimum Gasteiger partial charge on any atom is -0.384 e. The van der Waals surface area contributed by atoms with Gasteiger partial charge < -0.3 is 14.9 Å². The van der Waals surface area contributed by atoms with E-state index in [4.69, 9.17) is 0 Å². The first-order valence-corrected chi connectivity index (χ1v) is 13.0. The number of carbonyl (C=O) groups excluding carboxylic acids is 1. The first kappa shape index (κ1) is 22.6. The Balaban J connectivity index is 1.20. The van der Waals surface area contributed by atoms with Crippen molar-refractivity contribution in [2.75, 3.05) is 44.2 Å². The van der Waals surface area contributed by atoms with E-state index in [1.165, 1.54) is 0 Å². The highest BCUT2D eigenvalue weighted by Crippen LogP contribution is 2.35. The standard InChI is InChI=1S/C28H35N5O2/c1-20(2)32-12-10-28(35,19-32)24-7-5-21(6-8-24)23-17-26-25(9-11-29-33(26)18-23)30-13-15-31(16-14-30)27(34)22-3-4-22/h5-9,11,17-18,20,22,35H,3-4,10,12-16,19H2,1-2H3/t28-/m0/s1. The Hall–Kier alpha value is -2.90. The van der Waals surface area contributed by atoms with E-state index >= 15 is 0 Å². The van der Waals surface area contributed by atoms with Crippen LogP contribution in [0.25, 0.3) is 16.6 Å². The highest BCUT2D eigenvalue weighted by molar-refractivity contribution is 5.82. The zero-order valence-electron chi connectivity index (χ0n) is 20.7. The molecule has 1 saturated carbocycles. The molecular formula is C28H35N5O2. The summed E-state index contributed by atoms with van der Waals surface area (Å²) in [5.74, 6) is 0.634. The van der Waals surface area contributed by atoms with E-state index in [-0.39, 0.29) is 5.92 Å². The first-order valence-electron chi connectivity index (χ1n) is 13.0. The summed E-state index contributed by atoms with van der Waals surface area (Å²) in [5.41, 5.74) is 4.69. The Morgan fingerprint density at radius 3 is 2.43 bits per heavy atom. The number of carbonyl (C=O) groups is 1. The van der Waals surface area contributed by atoms with Gasteiger partial charge in [-0.2, -0.15) is 5.10 Å². The summed E-state index contributed by atoms with van der Waals surface area (Å²) in [4.78, 5) is 19.2. The lowest BCUT2D eigenvalue weighted by molar-refractivity contribution is -0.132. The Kier molecular flexibility index (Phi) is 5.57. The van der Waals surface area contributed by atoms with Gasteiger partial charge in [-0.15, -0.1) is 0 Å². The molecular weight excluding hydrogens is 438 g/mol. The molecule has 3 aliphatic rings. The number of aliphatic hydroxyl groups is 1. The van der Waals surface area contributed by atoms with Crippen LogP contribution in [0, 0.1) is 5.92 Å². The maximum Gasteiger partial charge on any atom is 0.225 e. The lowest BCUT2D eigenvalue weighted by Gasteiger charge is -2.36. The molecule has 1 amide bonds. The van der Waals surface area contributed by atoms with Crippen molar-refractivity contribution in [2.24, 2.45) is 5.92 Å². The van der Waals surface area contributed by atoms with Gasteiger partial charge in [0.2, 0.25) is 5.91 Å². The van der Waals surface area contributed by atoms with Gasteiger partial charge in [0.25, 0.3) is 0 Å². The van der Waals surface area contributed by atoms with Gasteiger partial charge in [0.15, 0.2) is 0 Å². The summed E-state index contributed by atoms with van der Waals surface area (Å²) < 4.78 is 1.95. The molecule has 2 aliphatic heterocycles. The predicted molar refractivity (Wildman–Crippen MR) is 137 cm³/mol. The number of benzene rings is 1. The largest absolute Gasteiger partial charge is 0.384 e. The summed E-state index contributed by atoms with van der Waals surface area (Å²) in [5, 5.41) is 15.8. The fourth-order valence-corrected chi connectivity index (χ4v) is 5.65. The number of likely N-dealkylation sites (tertiary alicyclic amines) is 1. The van der Waals surface area contributed by atoms with Gasteiger partial charge in [-0.1, -0.05) is 24.3 Å². The molecule has 7 heteroatoms. The molecule has 7 nitrogen and oxygen atoms in total. The quantitative estimate of drug-likeness (QED) is 0.616. The van der Waals surface area contributed by atoms with Crippen LogP contribution in [-0.4, -0.2) is 75.7 Å². The van der Waals surface area contributed by atoms with Gasteiger partial charge in [0.05, 0.1) is 11.2 Å². The summed E-state index contributed by atoms with van der Waals surface area (Å²) in [6.07, 6.45) is 6.83. The Morgan fingerprint density at radius 1 is 1.03 bits per heavy atom. The molecule has 184 valence electrons. The molecule has 3 aromatic rings. The van der Waals surface area contributed by atoms with Crippen LogP contribution in [0.1, 0.15) is 38.7 Å². The van der Waals surface area contributed by atoms with Gasteiger partial charge in [-0.05, 0) is 56.4 Å². The molecule has 0 unspecified atom stereocenters. The summed E-state index contributed by atoms with van der Waals surface area (Å²) >= 11 is 0. The lowest BCUT2D eigenvalue weighted by Crippen LogP contribution is -2.49. The van der Waals surface area contributed by atoms with Crippen LogP contribution in [0.5, 0.6) is 0 Å².